The molecule has 2 rings (SSSR count). The molecular formula is C18H28N2O. The minimum absolute atomic E-state index is 0.156. The topological polar surface area (TPSA) is 32.3 Å². The van der Waals surface area contributed by atoms with Crippen LogP contribution in [0.2, 0.25) is 0 Å². The van der Waals surface area contributed by atoms with Gasteiger partial charge >= 0.3 is 0 Å². The van der Waals surface area contributed by atoms with Crippen LogP contribution in [-0.4, -0.2) is 18.5 Å². The van der Waals surface area contributed by atoms with Gasteiger partial charge in [-0.3, -0.25) is 4.79 Å². The van der Waals surface area contributed by atoms with Gasteiger partial charge in [-0.25, -0.2) is 0 Å². The third kappa shape index (κ3) is 3.85. The molecule has 1 aliphatic heterocycles. The Morgan fingerprint density at radius 3 is 2.86 bits per heavy atom. The molecule has 0 aliphatic carbocycles. The summed E-state index contributed by atoms with van der Waals surface area (Å²) in [5.41, 5.74) is 2.31. The highest BCUT2D eigenvalue weighted by molar-refractivity contribution is 5.96. The van der Waals surface area contributed by atoms with Gasteiger partial charge in [-0.2, -0.15) is 0 Å². The van der Waals surface area contributed by atoms with Crippen molar-refractivity contribution in [3.8, 4) is 0 Å². The molecule has 3 nitrogen and oxygen atoms in total. The van der Waals surface area contributed by atoms with Crippen molar-refractivity contribution in [1.29, 1.82) is 0 Å². The monoisotopic (exact) mass is 288 g/mol. The van der Waals surface area contributed by atoms with Gasteiger partial charge in [0.05, 0.1) is 0 Å². The van der Waals surface area contributed by atoms with Gasteiger partial charge in [0.25, 0.3) is 0 Å². The van der Waals surface area contributed by atoms with Crippen molar-refractivity contribution < 1.29 is 4.79 Å². The fourth-order valence-corrected chi connectivity index (χ4v) is 3.03. The third-order valence-electron chi connectivity index (χ3n) is 4.39. The molecule has 2 unspecified atom stereocenters. The number of para-hydroxylation sites is 1. The first-order valence-corrected chi connectivity index (χ1v) is 8.30. The van der Waals surface area contributed by atoms with Crippen LogP contribution < -0.4 is 10.2 Å². The number of rotatable bonds is 5. The van der Waals surface area contributed by atoms with E-state index in [1.807, 2.05) is 17.0 Å². The lowest BCUT2D eigenvalue weighted by Gasteiger charge is -2.28. The Hall–Kier alpha value is -1.35. The average Bonchev–Trinajstić information content (AvgIpc) is 2.67. The first kappa shape index (κ1) is 16.0. The van der Waals surface area contributed by atoms with E-state index in [9.17, 15) is 4.79 Å². The normalized spacial score (nSPS) is 19.8. The summed E-state index contributed by atoms with van der Waals surface area (Å²) in [6.45, 7) is 8.07. The maximum absolute atomic E-state index is 13.0. The largest absolute Gasteiger partial charge is 0.310 e. The maximum Gasteiger partial charge on any atom is 0.230 e. The molecule has 1 aromatic carbocycles. The Balaban J connectivity index is 2.25. The van der Waals surface area contributed by atoms with Crippen molar-refractivity contribution in [2.24, 2.45) is 5.92 Å². The zero-order valence-electron chi connectivity index (χ0n) is 13.6. The second-order valence-electron chi connectivity index (χ2n) is 6.11. The lowest BCUT2D eigenvalue weighted by molar-refractivity contribution is -0.122. The van der Waals surface area contributed by atoms with Gasteiger partial charge in [0.1, 0.15) is 0 Å². The predicted octanol–water partition coefficient (Wildman–Crippen LogP) is 3.73. The molecule has 116 valence electrons. The minimum Gasteiger partial charge on any atom is -0.310 e. The fraction of sp³-hybridized carbons (Fsp3) is 0.611. The number of hydrogen-bond acceptors (Lipinski definition) is 2. The van der Waals surface area contributed by atoms with Crippen molar-refractivity contribution in [1.82, 2.24) is 5.32 Å². The Morgan fingerprint density at radius 1 is 1.38 bits per heavy atom. The van der Waals surface area contributed by atoms with Gasteiger partial charge in [-0.1, -0.05) is 44.9 Å². The quantitative estimate of drug-likeness (QED) is 0.895. The highest BCUT2D eigenvalue weighted by atomic mass is 16.2. The van der Waals surface area contributed by atoms with Crippen molar-refractivity contribution in [3.63, 3.8) is 0 Å². The lowest BCUT2D eigenvalue weighted by atomic mass is 9.97. The molecule has 0 spiro atoms. The van der Waals surface area contributed by atoms with E-state index in [-0.39, 0.29) is 5.92 Å². The van der Waals surface area contributed by atoms with Gasteiger partial charge in [0.15, 0.2) is 0 Å². The molecule has 1 amide bonds. The van der Waals surface area contributed by atoms with E-state index in [1.54, 1.807) is 0 Å². The van der Waals surface area contributed by atoms with Crippen LogP contribution in [0.25, 0.3) is 0 Å². The number of fused-ring (bicyclic) bond motifs is 1. The number of carbonyl (C=O) groups excluding carboxylic acids is 1. The standard InChI is InChI=1S/C18H28N2O/c1-4-6-9-15(5-2)18(21)20-13-14(3)19-12-16-10-7-8-11-17(16)20/h7-8,10-11,14-15,19H,4-6,9,12-13H2,1-3H3. The van der Waals surface area contributed by atoms with E-state index in [4.69, 9.17) is 0 Å². The van der Waals surface area contributed by atoms with Crippen LogP contribution in [0.3, 0.4) is 0 Å². The summed E-state index contributed by atoms with van der Waals surface area (Å²) >= 11 is 0. The maximum atomic E-state index is 13.0. The zero-order chi connectivity index (χ0) is 15.2. The number of hydrogen-bond donors (Lipinski definition) is 1. The number of nitrogens with zero attached hydrogens (tertiary/aromatic N) is 1. The molecule has 1 N–H and O–H groups in total. The number of anilines is 1. The molecule has 0 fully saturated rings. The zero-order valence-corrected chi connectivity index (χ0v) is 13.6. The van der Waals surface area contributed by atoms with Gasteiger partial charge in [-0.15, -0.1) is 0 Å². The third-order valence-corrected chi connectivity index (χ3v) is 4.39. The Morgan fingerprint density at radius 2 is 2.14 bits per heavy atom. The van der Waals surface area contributed by atoms with Crippen molar-refractivity contribution in [2.75, 3.05) is 11.4 Å². The fourth-order valence-electron chi connectivity index (χ4n) is 3.03. The molecule has 21 heavy (non-hydrogen) atoms. The van der Waals surface area contributed by atoms with Crippen LogP contribution >= 0.6 is 0 Å². The molecule has 3 heteroatoms. The average molecular weight is 288 g/mol. The van der Waals surface area contributed by atoms with E-state index in [0.717, 1.165) is 44.5 Å². The van der Waals surface area contributed by atoms with Gasteiger partial charge in [0.2, 0.25) is 5.91 Å². The smallest absolute Gasteiger partial charge is 0.230 e. The van der Waals surface area contributed by atoms with Crippen LogP contribution in [0.1, 0.15) is 52.0 Å². The molecule has 1 heterocycles. The summed E-state index contributed by atoms with van der Waals surface area (Å²) in [6, 6.07) is 8.60. The van der Waals surface area contributed by atoms with Crippen LogP contribution in [-0.2, 0) is 11.3 Å². The predicted molar refractivity (Wildman–Crippen MR) is 88.4 cm³/mol. The van der Waals surface area contributed by atoms with E-state index >= 15 is 0 Å². The van der Waals surface area contributed by atoms with Gasteiger partial charge in [-0.05, 0) is 31.4 Å². The summed E-state index contributed by atoms with van der Waals surface area (Å²) in [5, 5.41) is 3.49. The number of amides is 1. The van der Waals surface area contributed by atoms with E-state index in [2.05, 4.69) is 38.2 Å². The molecule has 1 aliphatic rings. The van der Waals surface area contributed by atoms with Crippen LogP contribution in [0.15, 0.2) is 24.3 Å². The van der Waals surface area contributed by atoms with Crippen molar-refractivity contribution >= 4 is 11.6 Å². The molecule has 0 saturated carbocycles. The highest BCUT2D eigenvalue weighted by Crippen LogP contribution is 2.27. The summed E-state index contributed by atoms with van der Waals surface area (Å²) in [7, 11) is 0. The first-order valence-electron chi connectivity index (χ1n) is 8.30. The van der Waals surface area contributed by atoms with E-state index in [0.29, 0.717) is 11.9 Å². The number of nitrogens with one attached hydrogen (secondary N) is 1. The van der Waals surface area contributed by atoms with Crippen LogP contribution in [0, 0.1) is 5.92 Å². The lowest BCUT2D eigenvalue weighted by Crippen LogP contribution is -2.42. The summed E-state index contributed by atoms with van der Waals surface area (Å²) in [5.74, 6) is 0.456. The molecule has 0 bridgehead atoms. The van der Waals surface area contributed by atoms with Crippen molar-refractivity contribution in [3.05, 3.63) is 29.8 Å². The van der Waals surface area contributed by atoms with Gasteiger partial charge < -0.3 is 10.2 Å². The minimum atomic E-state index is 0.156. The highest BCUT2D eigenvalue weighted by Gasteiger charge is 2.28. The Labute approximate surface area is 128 Å². The molecule has 0 saturated heterocycles. The molecular weight excluding hydrogens is 260 g/mol. The van der Waals surface area contributed by atoms with Gasteiger partial charge in [0, 0.05) is 30.7 Å². The molecule has 0 aromatic heterocycles. The Kier molecular flexibility index (Phi) is 5.80. The summed E-state index contributed by atoms with van der Waals surface area (Å²) in [6.07, 6.45) is 4.22. The number of benzene rings is 1. The van der Waals surface area contributed by atoms with Crippen LogP contribution in [0.4, 0.5) is 5.69 Å². The first-order chi connectivity index (χ1) is 10.2. The van der Waals surface area contributed by atoms with Crippen LogP contribution in [0.5, 0.6) is 0 Å². The molecule has 1 aromatic rings. The molecule has 2 atom stereocenters. The van der Waals surface area contributed by atoms with E-state index in [1.165, 1.54) is 5.56 Å². The Bertz CT molecular complexity index is 472. The SMILES string of the molecule is CCCCC(CC)C(=O)N1CC(C)NCc2ccccc21. The second-order valence-corrected chi connectivity index (χ2v) is 6.11. The molecule has 0 radical (unpaired) electrons. The number of carbonyl (C=O) groups is 1. The van der Waals surface area contributed by atoms with Crippen molar-refractivity contribution in [2.45, 2.75) is 59.0 Å². The second kappa shape index (κ2) is 7.60. The summed E-state index contributed by atoms with van der Waals surface area (Å²) in [4.78, 5) is 15.0. The number of unbranched alkanes of at least 4 members (excludes halogenated alkanes) is 1. The van der Waals surface area contributed by atoms with E-state index < -0.39 is 0 Å². The summed E-state index contributed by atoms with van der Waals surface area (Å²) < 4.78 is 0.